The molecule has 3 nitrogen and oxygen atoms in total. The number of esters is 1. The molecule has 1 heterocycles. The SMILES string of the molecule is CC(C)(Cc1ccccc1)[C@@H]1N[C@@H]1C(=O)OCc1ccccc1. The number of carbonyl (C=O) groups is 1. The highest BCUT2D eigenvalue weighted by Crippen LogP contribution is 2.35. The quantitative estimate of drug-likeness (QED) is 0.657. The van der Waals surface area contributed by atoms with E-state index in [1.807, 2.05) is 36.4 Å². The molecule has 2 aromatic carbocycles. The van der Waals surface area contributed by atoms with Crippen molar-refractivity contribution in [3.63, 3.8) is 0 Å². The summed E-state index contributed by atoms with van der Waals surface area (Å²) >= 11 is 0. The lowest BCUT2D eigenvalue weighted by molar-refractivity contribution is -0.144. The third-order valence-corrected chi connectivity index (χ3v) is 4.41. The fourth-order valence-corrected chi connectivity index (χ4v) is 3.07. The van der Waals surface area contributed by atoms with Crippen LogP contribution < -0.4 is 5.32 Å². The van der Waals surface area contributed by atoms with Crippen LogP contribution in [0.4, 0.5) is 0 Å². The molecule has 0 spiro atoms. The van der Waals surface area contributed by atoms with Crippen molar-refractivity contribution < 1.29 is 9.53 Å². The van der Waals surface area contributed by atoms with E-state index in [9.17, 15) is 4.79 Å². The molecule has 1 N–H and O–H groups in total. The van der Waals surface area contributed by atoms with Gasteiger partial charge in [0.2, 0.25) is 0 Å². The molecule has 23 heavy (non-hydrogen) atoms. The van der Waals surface area contributed by atoms with E-state index in [0.29, 0.717) is 6.61 Å². The van der Waals surface area contributed by atoms with Crippen molar-refractivity contribution in [3.8, 4) is 0 Å². The van der Waals surface area contributed by atoms with Gasteiger partial charge in [0.1, 0.15) is 12.6 Å². The smallest absolute Gasteiger partial charge is 0.325 e. The lowest BCUT2D eigenvalue weighted by atomic mass is 9.81. The van der Waals surface area contributed by atoms with E-state index in [4.69, 9.17) is 4.74 Å². The van der Waals surface area contributed by atoms with Gasteiger partial charge >= 0.3 is 5.97 Å². The number of benzene rings is 2. The summed E-state index contributed by atoms with van der Waals surface area (Å²) in [6.45, 7) is 4.73. The maximum Gasteiger partial charge on any atom is 0.325 e. The zero-order valence-electron chi connectivity index (χ0n) is 13.7. The second-order valence-electron chi connectivity index (χ2n) is 6.87. The van der Waals surface area contributed by atoms with Crippen LogP contribution in [-0.4, -0.2) is 18.1 Å². The van der Waals surface area contributed by atoms with Gasteiger partial charge in [-0.2, -0.15) is 0 Å². The number of carbonyl (C=O) groups excluding carboxylic acids is 1. The molecule has 120 valence electrons. The molecule has 0 amide bonds. The highest BCUT2D eigenvalue weighted by molar-refractivity contribution is 5.80. The molecule has 3 heteroatoms. The van der Waals surface area contributed by atoms with Crippen LogP contribution in [0.2, 0.25) is 0 Å². The van der Waals surface area contributed by atoms with E-state index >= 15 is 0 Å². The monoisotopic (exact) mass is 309 g/mol. The van der Waals surface area contributed by atoms with Crippen molar-refractivity contribution in [2.75, 3.05) is 0 Å². The number of hydrogen-bond acceptors (Lipinski definition) is 3. The number of ether oxygens (including phenoxy) is 1. The molecule has 0 saturated carbocycles. The average molecular weight is 309 g/mol. The number of nitrogens with one attached hydrogen (secondary N) is 1. The maximum absolute atomic E-state index is 12.2. The predicted molar refractivity (Wildman–Crippen MR) is 90.9 cm³/mol. The molecule has 0 unspecified atom stereocenters. The number of hydrogen-bond donors (Lipinski definition) is 1. The van der Waals surface area contributed by atoms with Crippen LogP contribution >= 0.6 is 0 Å². The Kier molecular flexibility index (Phi) is 4.49. The normalized spacial score (nSPS) is 20.1. The molecular weight excluding hydrogens is 286 g/mol. The lowest BCUT2D eigenvalue weighted by Crippen LogP contribution is -2.27. The van der Waals surface area contributed by atoms with Crippen molar-refractivity contribution in [1.29, 1.82) is 0 Å². The van der Waals surface area contributed by atoms with E-state index in [2.05, 4.69) is 43.4 Å². The summed E-state index contributed by atoms with van der Waals surface area (Å²) in [5.74, 6) is -0.153. The second kappa shape index (κ2) is 6.55. The summed E-state index contributed by atoms with van der Waals surface area (Å²) in [6.07, 6.45) is 0.938. The minimum atomic E-state index is -0.183. The highest BCUT2D eigenvalue weighted by Gasteiger charge is 2.52. The Labute approximate surface area is 137 Å². The molecule has 0 aliphatic carbocycles. The minimum absolute atomic E-state index is 0.0117. The molecule has 1 saturated heterocycles. The van der Waals surface area contributed by atoms with Gasteiger partial charge in [-0.15, -0.1) is 0 Å². The zero-order chi connectivity index (χ0) is 16.3. The van der Waals surface area contributed by atoms with E-state index in [1.54, 1.807) is 0 Å². The van der Waals surface area contributed by atoms with Gasteiger partial charge in [-0.3, -0.25) is 10.1 Å². The Morgan fingerprint density at radius 3 is 2.17 bits per heavy atom. The van der Waals surface area contributed by atoms with E-state index < -0.39 is 0 Å². The zero-order valence-corrected chi connectivity index (χ0v) is 13.7. The van der Waals surface area contributed by atoms with Gasteiger partial charge in [0.05, 0.1) is 0 Å². The molecule has 0 radical (unpaired) electrons. The molecule has 1 aliphatic rings. The molecule has 1 aliphatic heterocycles. The summed E-state index contributed by atoms with van der Waals surface area (Å²) in [4.78, 5) is 12.2. The molecule has 0 aromatic heterocycles. The van der Waals surface area contributed by atoms with Crippen LogP contribution in [0.5, 0.6) is 0 Å². The van der Waals surface area contributed by atoms with Gasteiger partial charge in [0.25, 0.3) is 0 Å². The topological polar surface area (TPSA) is 48.2 Å². The molecular formula is C20H23NO2. The Balaban J connectivity index is 1.52. The summed E-state index contributed by atoms with van der Waals surface area (Å²) in [6, 6.07) is 20.2. The van der Waals surface area contributed by atoms with Gasteiger partial charge in [0, 0.05) is 6.04 Å². The van der Waals surface area contributed by atoms with E-state index in [0.717, 1.165) is 12.0 Å². The van der Waals surface area contributed by atoms with Crippen LogP contribution in [0.25, 0.3) is 0 Å². The number of rotatable bonds is 6. The molecule has 2 atom stereocenters. The third kappa shape index (κ3) is 3.99. The second-order valence-corrected chi connectivity index (χ2v) is 6.87. The van der Waals surface area contributed by atoms with Gasteiger partial charge in [-0.25, -0.2) is 0 Å². The highest BCUT2D eigenvalue weighted by atomic mass is 16.5. The van der Waals surface area contributed by atoms with Gasteiger partial charge in [0.15, 0.2) is 0 Å². The fraction of sp³-hybridized carbons (Fsp3) is 0.350. The maximum atomic E-state index is 12.2. The van der Waals surface area contributed by atoms with Crippen LogP contribution in [0.1, 0.15) is 25.0 Å². The first-order chi connectivity index (χ1) is 11.1. The standard InChI is InChI=1S/C20H23NO2/c1-20(2,13-15-9-5-3-6-10-15)18-17(21-18)19(22)23-14-16-11-7-4-8-12-16/h3-12,17-18,21H,13-14H2,1-2H3/t17-,18+/m0/s1. The van der Waals surface area contributed by atoms with Crippen molar-refractivity contribution in [2.24, 2.45) is 5.41 Å². The van der Waals surface area contributed by atoms with Crippen molar-refractivity contribution in [3.05, 3.63) is 71.8 Å². The Morgan fingerprint density at radius 2 is 1.57 bits per heavy atom. The first-order valence-electron chi connectivity index (χ1n) is 8.07. The van der Waals surface area contributed by atoms with E-state index in [1.165, 1.54) is 5.56 Å². The van der Waals surface area contributed by atoms with Crippen molar-refractivity contribution in [2.45, 2.75) is 39.0 Å². The molecule has 0 bridgehead atoms. The fourth-order valence-electron chi connectivity index (χ4n) is 3.07. The predicted octanol–water partition coefficient (Wildman–Crippen LogP) is 3.34. The summed E-state index contributed by atoms with van der Waals surface area (Å²) in [7, 11) is 0. The van der Waals surface area contributed by atoms with Crippen LogP contribution in [-0.2, 0) is 22.6 Å². The van der Waals surface area contributed by atoms with E-state index in [-0.39, 0.29) is 23.5 Å². The largest absolute Gasteiger partial charge is 0.460 e. The summed E-state index contributed by atoms with van der Waals surface area (Å²) in [5.41, 5.74) is 2.32. The molecule has 1 fully saturated rings. The molecule has 2 aromatic rings. The van der Waals surface area contributed by atoms with Gasteiger partial charge < -0.3 is 4.74 Å². The van der Waals surface area contributed by atoms with Gasteiger partial charge in [-0.05, 0) is 23.0 Å². The summed E-state index contributed by atoms with van der Waals surface area (Å²) < 4.78 is 5.43. The Hall–Kier alpha value is -2.13. The third-order valence-electron chi connectivity index (χ3n) is 4.41. The van der Waals surface area contributed by atoms with Crippen LogP contribution in [0.3, 0.4) is 0 Å². The van der Waals surface area contributed by atoms with Gasteiger partial charge in [-0.1, -0.05) is 74.5 Å². The van der Waals surface area contributed by atoms with Crippen LogP contribution in [0, 0.1) is 5.41 Å². The van der Waals surface area contributed by atoms with Crippen molar-refractivity contribution in [1.82, 2.24) is 5.32 Å². The average Bonchev–Trinajstić information content (AvgIpc) is 3.36. The first kappa shape index (κ1) is 15.8. The molecule has 3 rings (SSSR count). The minimum Gasteiger partial charge on any atom is -0.460 e. The van der Waals surface area contributed by atoms with Crippen molar-refractivity contribution >= 4 is 5.97 Å². The lowest BCUT2D eigenvalue weighted by Gasteiger charge is -2.23. The first-order valence-corrected chi connectivity index (χ1v) is 8.07. The summed E-state index contributed by atoms with van der Waals surface area (Å²) in [5, 5.41) is 3.29. The Morgan fingerprint density at radius 1 is 1.00 bits per heavy atom. The van der Waals surface area contributed by atoms with Crippen LogP contribution in [0.15, 0.2) is 60.7 Å². The Bertz CT molecular complexity index is 652.